The highest BCUT2D eigenvalue weighted by molar-refractivity contribution is 6.34. The molecule has 0 radical (unpaired) electrons. The first-order chi connectivity index (χ1) is 9.09. The summed E-state index contributed by atoms with van der Waals surface area (Å²) in [4.78, 5) is 25.1. The van der Waals surface area contributed by atoms with Gasteiger partial charge in [0.25, 0.3) is 11.8 Å². The van der Waals surface area contributed by atoms with Crippen molar-refractivity contribution >= 4 is 17.5 Å². The van der Waals surface area contributed by atoms with Crippen LogP contribution in [0.5, 0.6) is 5.75 Å². The van der Waals surface area contributed by atoms with Crippen molar-refractivity contribution in [1.29, 1.82) is 0 Å². The van der Waals surface area contributed by atoms with Gasteiger partial charge in [-0.25, -0.2) is 9.29 Å². The summed E-state index contributed by atoms with van der Waals surface area (Å²) in [6.45, 7) is 0. The number of halogens is 1. The Hall–Kier alpha value is -2.69. The molecule has 19 heavy (non-hydrogen) atoms. The third-order valence-corrected chi connectivity index (χ3v) is 2.95. The molecule has 0 saturated carbocycles. The van der Waals surface area contributed by atoms with E-state index < -0.39 is 17.6 Å². The smallest absolute Gasteiger partial charge is 0.269 e. The monoisotopic (exact) mass is 257 g/mol. The number of benzene rings is 2. The van der Waals surface area contributed by atoms with Crippen molar-refractivity contribution in [3.63, 3.8) is 0 Å². The molecule has 1 N–H and O–H groups in total. The van der Waals surface area contributed by atoms with Gasteiger partial charge in [-0.05, 0) is 24.3 Å². The number of carbonyl (C=O) groups is 2. The number of amides is 2. The minimum absolute atomic E-state index is 0.0355. The third-order valence-electron chi connectivity index (χ3n) is 2.95. The van der Waals surface area contributed by atoms with Crippen LogP contribution in [-0.4, -0.2) is 16.9 Å². The van der Waals surface area contributed by atoms with Crippen molar-refractivity contribution in [2.45, 2.75) is 0 Å². The number of anilines is 1. The molecule has 0 unspecified atom stereocenters. The van der Waals surface area contributed by atoms with E-state index in [1.54, 1.807) is 0 Å². The molecule has 3 rings (SSSR count). The first-order valence-corrected chi connectivity index (χ1v) is 5.56. The Balaban J connectivity index is 2.16. The highest BCUT2D eigenvalue weighted by Crippen LogP contribution is 2.31. The van der Waals surface area contributed by atoms with E-state index in [0.29, 0.717) is 0 Å². The second-order valence-electron chi connectivity index (χ2n) is 4.13. The largest absolute Gasteiger partial charge is 0.508 e. The van der Waals surface area contributed by atoms with Crippen molar-refractivity contribution in [3.05, 3.63) is 59.4 Å². The lowest BCUT2D eigenvalue weighted by Gasteiger charge is -2.13. The van der Waals surface area contributed by atoms with E-state index in [0.717, 1.165) is 11.0 Å². The van der Waals surface area contributed by atoms with Crippen LogP contribution in [-0.2, 0) is 0 Å². The van der Waals surface area contributed by atoms with E-state index in [1.807, 2.05) is 0 Å². The van der Waals surface area contributed by atoms with Crippen LogP contribution >= 0.6 is 0 Å². The summed E-state index contributed by atoms with van der Waals surface area (Å²) < 4.78 is 13.6. The molecule has 1 aliphatic heterocycles. The number of nitrogens with zero attached hydrogens (tertiary/aromatic N) is 1. The maximum Gasteiger partial charge on any atom is 0.269 e. The number of hydrogen-bond acceptors (Lipinski definition) is 3. The number of phenols is 1. The summed E-state index contributed by atoms with van der Waals surface area (Å²) in [5.74, 6) is -2.11. The molecule has 4 nitrogen and oxygen atoms in total. The van der Waals surface area contributed by atoms with Crippen LogP contribution in [0.2, 0.25) is 0 Å². The van der Waals surface area contributed by atoms with Gasteiger partial charge in [-0.2, -0.15) is 0 Å². The summed E-state index contributed by atoms with van der Waals surface area (Å²) in [5.41, 5.74) is 0.0229. The van der Waals surface area contributed by atoms with Crippen LogP contribution < -0.4 is 4.90 Å². The molecule has 2 aromatic carbocycles. The second kappa shape index (κ2) is 3.91. The molecular weight excluding hydrogens is 249 g/mol. The van der Waals surface area contributed by atoms with Gasteiger partial charge in [-0.3, -0.25) is 9.59 Å². The number of aromatic hydroxyl groups is 1. The van der Waals surface area contributed by atoms with Crippen molar-refractivity contribution in [1.82, 2.24) is 0 Å². The van der Waals surface area contributed by atoms with Gasteiger partial charge in [-0.15, -0.1) is 0 Å². The number of hydrogen-bond donors (Lipinski definition) is 1. The number of rotatable bonds is 1. The molecule has 0 aromatic heterocycles. The highest BCUT2D eigenvalue weighted by atomic mass is 19.1. The fourth-order valence-corrected chi connectivity index (χ4v) is 2.11. The maximum absolute atomic E-state index is 13.6. The molecular formula is C14H8FNO3. The van der Waals surface area contributed by atoms with Gasteiger partial charge in [0.05, 0.1) is 16.8 Å². The van der Waals surface area contributed by atoms with Crippen LogP contribution in [0.25, 0.3) is 0 Å². The van der Waals surface area contributed by atoms with Gasteiger partial charge in [0, 0.05) is 6.07 Å². The maximum atomic E-state index is 13.6. The lowest BCUT2D eigenvalue weighted by atomic mass is 10.1. The molecule has 0 spiro atoms. The Morgan fingerprint density at radius 2 is 1.74 bits per heavy atom. The SMILES string of the molecule is O=C1c2cccc(F)c2C(=O)N1c1cccc(O)c1. The predicted octanol–water partition coefficient (Wildman–Crippen LogP) is 2.33. The van der Waals surface area contributed by atoms with Crippen LogP contribution in [0, 0.1) is 5.82 Å². The average molecular weight is 257 g/mol. The zero-order valence-corrected chi connectivity index (χ0v) is 9.63. The number of imide groups is 1. The molecule has 1 aliphatic rings. The summed E-state index contributed by atoms with van der Waals surface area (Å²) >= 11 is 0. The summed E-state index contributed by atoms with van der Waals surface area (Å²) in [6, 6.07) is 9.62. The van der Waals surface area contributed by atoms with Gasteiger partial charge in [0.15, 0.2) is 0 Å². The topological polar surface area (TPSA) is 57.6 Å². The Labute approximate surface area is 107 Å². The molecule has 5 heteroatoms. The molecule has 1 heterocycles. The molecule has 0 atom stereocenters. The lowest BCUT2D eigenvalue weighted by Crippen LogP contribution is -2.29. The van der Waals surface area contributed by atoms with E-state index in [9.17, 15) is 19.1 Å². The summed E-state index contributed by atoms with van der Waals surface area (Å²) in [6.07, 6.45) is 0. The number of phenolic OH excluding ortho intramolecular Hbond substituents is 1. The molecule has 0 bridgehead atoms. The van der Waals surface area contributed by atoms with Gasteiger partial charge < -0.3 is 5.11 Å². The average Bonchev–Trinajstić information content (AvgIpc) is 2.63. The number of fused-ring (bicyclic) bond motifs is 1. The first-order valence-electron chi connectivity index (χ1n) is 5.56. The summed E-state index contributed by atoms with van der Waals surface area (Å²) in [5, 5.41) is 9.39. The molecule has 0 fully saturated rings. The van der Waals surface area contributed by atoms with Gasteiger partial charge >= 0.3 is 0 Å². The van der Waals surface area contributed by atoms with Gasteiger partial charge in [0.1, 0.15) is 11.6 Å². The number of carbonyl (C=O) groups excluding carboxylic acids is 2. The molecule has 2 amide bonds. The molecule has 94 valence electrons. The van der Waals surface area contributed by atoms with Crippen LogP contribution in [0.3, 0.4) is 0 Å². The zero-order valence-electron chi connectivity index (χ0n) is 9.63. The van der Waals surface area contributed by atoms with E-state index in [1.165, 1.54) is 36.4 Å². The van der Waals surface area contributed by atoms with Crippen LogP contribution in [0.15, 0.2) is 42.5 Å². The minimum atomic E-state index is -0.724. The Morgan fingerprint density at radius 1 is 1.00 bits per heavy atom. The standard InChI is InChI=1S/C14H8FNO3/c15-11-6-2-5-10-12(11)14(19)16(13(10)18)8-3-1-4-9(17)7-8/h1-7,17H. The lowest BCUT2D eigenvalue weighted by molar-refractivity contribution is 0.0925. The van der Waals surface area contributed by atoms with Gasteiger partial charge in [-0.1, -0.05) is 12.1 Å². The van der Waals surface area contributed by atoms with Crippen molar-refractivity contribution < 1.29 is 19.1 Å². The Kier molecular flexibility index (Phi) is 2.35. The van der Waals surface area contributed by atoms with E-state index in [2.05, 4.69) is 0 Å². The Morgan fingerprint density at radius 3 is 2.42 bits per heavy atom. The predicted molar refractivity (Wildman–Crippen MR) is 65.6 cm³/mol. The van der Waals surface area contributed by atoms with Crippen LogP contribution in [0.1, 0.15) is 20.7 Å². The van der Waals surface area contributed by atoms with Crippen molar-refractivity contribution in [3.8, 4) is 5.75 Å². The van der Waals surface area contributed by atoms with Crippen molar-refractivity contribution in [2.75, 3.05) is 4.90 Å². The molecule has 2 aromatic rings. The third kappa shape index (κ3) is 1.59. The fraction of sp³-hybridized carbons (Fsp3) is 0. The van der Waals surface area contributed by atoms with Gasteiger partial charge in [0.2, 0.25) is 0 Å². The second-order valence-corrected chi connectivity index (χ2v) is 4.13. The normalized spacial score (nSPS) is 13.8. The fourth-order valence-electron chi connectivity index (χ4n) is 2.11. The van der Waals surface area contributed by atoms with Crippen molar-refractivity contribution in [2.24, 2.45) is 0 Å². The Bertz CT molecular complexity index is 712. The molecule has 0 saturated heterocycles. The van der Waals surface area contributed by atoms with Crippen LogP contribution in [0.4, 0.5) is 10.1 Å². The summed E-state index contributed by atoms with van der Waals surface area (Å²) in [7, 11) is 0. The highest BCUT2D eigenvalue weighted by Gasteiger charge is 2.38. The first kappa shape index (κ1) is 11.4. The minimum Gasteiger partial charge on any atom is -0.508 e. The quantitative estimate of drug-likeness (QED) is 0.798. The van der Waals surface area contributed by atoms with E-state index in [4.69, 9.17) is 0 Å². The molecule has 0 aliphatic carbocycles. The zero-order chi connectivity index (χ0) is 13.6. The van der Waals surface area contributed by atoms with E-state index >= 15 is 0 Å². The van der Waals surface area contributed by atoms with E-state index in [-0.39, 0.29) is 22.6 Å².